The second kappa shape index (κ2) is 5.90. The minimum atomic E-state index is 0.277. The van der Waals surface area contributed by atoms with E-state index in [1.165, 1.54) is 6.20 Å². The fourth-order valence-electron chi connectivity index (χ4n) is 1.84. The highest BCUT2D eigenvalue weighted by Crippen LogP contribution is 2.36. The normalized spacial score (nSPS) is 10.9. The summed E-state index contributed by atoms with van der Waals surface area (Å²) < 4.78 is 5.84. The maximum atomic E-state index is 6.09. The minimum absolute atomic E-state index is 0.277. The highest BCUT2D eigenvalue weighted by atomic mass is 35.5. The molecule has 2 aromatic rings. The van der Waals surface area contributed by atoms with Crippen LogP contribution in [0.5, 0.6) is 11.6 Å². The second-order valence-electron chi connectivity index (χ2n) is 4.94. The molecule has 3 nitrogen and oxygen atoms in total. The van der Waals surface area contributed by atoms with Gasteiger partial charge >= 0.3 is 0 Å². The van der Waals surface area contributed by atoms with E-state index in [1.54, 1.807) is 6.07 Å². The van der Waals surface area contributed by atoms with E-state index in [4.69, 9.17) is 33.7 Å². The molecule has 0 atom stereocenters. The zero-order chi connectivity index (χ0) is 14.9. The molecule has 0 radical (unpaired) electrons. The molecule has 0 fully saturated rings. The third-order valence-electron chi connectivity index (χ3n) is 3.00. The first kappa shape index (κ1) is 14.9. The van der Waals surface area contributed by atoms with Crippen LogP contribution < -0.4 is 10.5 Å². The van der Waals surface area contributed by atoms with Gasteiger partial charge in [0.2, 0.25) is 5.88 Å². The molecule has 0 saturated carbocycles. The Morgan fingerprint density at radius 1 is 1.20 bits per heavy atom. The van der Waals surface area contributed by atoms with Gasteiger partial charge in [0.25, 0.3) is 0 Å². The van der Waals surface area contributed by atoms with Crippen molar-refractivity contribution in [2.75, 3.05) is 5.73 Å². The van der Waals surface area contributed by atoms with Crippen molar-refractivity contribution in [1.29, 1.82) is 0 Å². The van der Waals surface area contributed by atoms with E-state index >= 15 is 0 Å². The number of anilines is 1. The predicted molar refractivity (Wildman–Crippen MR) is 84.0 cm³/mol. The summed E-state index contributed by atoms with van der Waals surface area (Å²) in [5, 5.41) is 0.849. The molecule has 0 amide bonds. The average Bonchev–Trinajstić information content (AvgIpc) is 2.36. The molecule has 0 unspecified atom stereocenters. The molecule has 0 saturated heterocycles. The van der Waals surface area contributed by atoms with Crippen LogP contribution in [0.3, 0.4) is 0 Å². The van der Waals surface area contributed by atoms with E-state index in [2.05, 4.69) is 18.8 Å². The lowest BCUT2D eigenvalue weighted by Gasteiger charge is -2.16. The van der Waals surface area contributed by atoms with E-state index in [0.29, 0.717) is 21.7 Å². The van der Waals surface area contributed by atoms with Crippen molar-refractivity contribution in [2.24, 2.45) is 0 Å². The summed E-state index contributed by atoms with van der Waals surface area (Å²) in [6.07, 6.45) is 1.50. The zero-order valence-corrected chi connectivity index (χ0v) is 13.1. The molecule has 106 valence electrons. The number of aromatic nitrogens is 1. The van der Waals surface area contributed by atoms with E-state index in [1.807, 2.05) is 19.1 Å². The van der Waals surface area contributed by atoms with Crippen molar-refractivity contribution in [1.82, 2.24) is 4.98 Å². The van der Waals surface area contributed by atoms with Crippen LogP contribution in [0, 0.1) is 6.92 Å². The Morgan fingerprint density at radius 2 is 1.90 bits per heavy atom. The number of nitrogens with zero attached hydrogens (tertiary/aromatic N) is 1. The topological polar surface area (TPSA) is 48.1 Å². The summed E-state index contributed by atoms with van der Waals surface area (Å²) in [6.45, 7) is 6.09. The number of rotatable bonds is 3. The van der Waals surface area contributed by atoms with Crippen molar-refractivity contribution in [3.05, 3.63) is 45.6 Å². The molecule has 1 heterocycles. The highest BCUT2D eigenvalue weighted by molar-refractivity contribution is 6.35. The molecule has 1 aromatic heterocycles. The van der Waals surface area contributed by atoms with Crippen LogP contribution in [0.15, 0.2) is 24.4 Å². The zero-order valence-electron chi connectivity index (χ0n) is 11.6. The van der Waals surface area contributed by atoms with Gasteiger partial charge in [0.15, 0.2) is 0 Å². The fraction of sp³-hybridized carbons (Fsp3) is 0.267. The van der Waals surface area contributed by atoms with E-state index in [0.717, 1.165) is 16.8 Å². The molecule has 2 rings (SSSR count). The van der Waals surface area contributed by atoms with Crippen molar-refractivity contribution in [3.8, 4) is 11.6 Å². The van der Waals surface area contributed by atoms with Crippen molar-refractivity contribution in [2.45, 2.75) is 26.7 Å². The van der Waals surface area contributed by atoms with Gasteiger partial charge in [-0.15, -0.1) is 0 Å². The van der Waals surface area contributed by atoms with Crippen LogP contribution >= 0.6 is 23.2 Å². The molecule has 0 aliphatic rings. The third-order valence-corrected chi connectivity index (χ3v) is 3.48. The van der Waals surface area contributed by atoms with Crippen LogP contribution in [0.25, 0.3) is 0 Å². The number of benzene rings is 1. The Morgan fingerprint density at radius 3 is 2.50 bits per heavy atom. The van der Waals surface area contributed by atoms with Gasteiger partial charge in [-0.2, -0.15) is 0 Å². The summed E-state index contributed by atoms with van der Waals surface area (Å²) in [6, 6.07) is 5.43. The van der Waals surface area contributed by atoms with Gasteiger partial charge < -0.3 is 10.5 Å². The van der Waals surface area contributed by atoms with Gasteiger partial charge in [-0.25, -0.2) is 4.98 Å². The van der Waals surface area contributed by atoms with Gasteiger partial charge in [-0.3, -0.25) is 0 Å². The van der Waals surface area contributed by atoms with Crippen molar-refractivity contribution >= 4 is 28.9 Å². The number of hydrogen-bond donors (Lipinski definition) is 1. The van der Waals surface area contributed by atoms with Crippen LogP contribution in [-0.4, -0.2) is 4.98 Å². The average molecular weight is 311 g/mol. The molecule has 2 N–H and O–H groups in total. The first-order valence-electron chi connectivity index (χ1n) is 6.27. The number of aryl methyl sites for hydroxylation is 1. The SMILES string of the molecule is Cc1cc(Oc2ncc(Cl)cc2Cl)c(C(C)C)cc1N. The second-order valence-corrected chi connectivity index (χ2v) is 5.79. The summed E-state index contributed by atoms with van der Waals surface area (Å²) >= 11 is 11.9. The molecule has 20 heavy (non-hydrogen) atoms. The maximum Gasteiger partial charge on any atom is 0.238 e. The van der Waals surface area contributed by atoms with E-state index < -0.39 is 0 Å². The van der Waals surface area contributed by atoms with Crippen LogP contribution in [0.2, 0.25) is 10.0 Å². The van der Waals surface area contributed by atoms with Crippen molar-refractivity contribution < 1.29 is 4.74 Å². The lowest BCUT2D eigenvalue weighted by atomic mass is 9.99. The monoisotopic (exact) mass is 310 g/mol. The number of hydrogen-bond acceptors (Lipinski definition) is 3. The summed E-state index contributed by atoms with van der Waals surface area (Å²) in [7, 11) is 0. The molecular formula is C15H16Cl2N2O. The molecule has 5 heteroatoms. The Bertz CT molecular complexity index is 642. The number of pyridine rings is 1. The lowest BCUT2D eigenvalue weighted by molar-refractivity contribution is 0.454. The highest BCUT2D eigenvalue weighted by Gasteiger charge is 2.14. The van der Waals surface area contributed by atoms with Gasteiger partial charge in [0.05, 0.1) is 5.02 Å². The standard InChI is InChI=1S/C15H16Cl2N2O/c1-8(2)11-6-13(18)9(3)4-14(11)20-15-12(17)5-10(16)7-19-15/h4-8H,18H2,1-3H3. The Kier molecular flexibility index (Phi) is 4.41. The lowest BCUT2D eigenvalue weighted by Crippen LogP contribution is -1.99. The Balaban J connectivity index is 2.44. The van der Waals surface area contributed by atoms with Crippen LogP contribution in [0.1, 0.15) is 30.9 Å². The van der Waals surface area contributed by atoms with Crippen molar-refractivity contribution in [3.63, 3.8) is 0 Å². The van der Waals surface area contributed by atoms with Gasteiger partial charge in [0, 0.05) is 11.9 Å². The van der Waals surface area contributed by atoms with E-state index in [9.17, 15) is 0 Å². The number of ether oxygens (including phenoxy) is 1. The summed E-state index contributed by atoms with van der Waals surface area (Å²) in [4.78, 5) is 4.11. The molecule has 0 bridgehead atoms. The van der Waals surface area contributed by atoms with E-state index in [-0.39, 0.29) is 5.92 Å². The number of nitrogens with two attached hydrogens (primary N) is 1. The Labute approximate surface area is 128 Å². The molecule has 0 aliphatic heterocycles. The van der Waals surface area contributed by atoms with Gasteiger partial charge in [-0.05, 0) is 42.2 Å². The smallest absolute Gasteiger partial charge is 0.238 e. The largest absolute Gasteiger partial charge is 0.437 e. The van der Waals surface area contributed by atoms with Gasteiger partial charge in [0.1, 0.15) is 10.8 Å². The van der Waals surface area contributed by atoms with Gasteiger partial charge in [-0.1, -0.05) is 37.0 Å². The van der Waals surface area contributed by atoms with Crippen LogP contribution in [-0.2, 0) is 0 Å². The molecule has 1 aromatic carbocycles. The maximum absolute atomic E-state index is 6.09. The summed E-state index contributed by atoms with van der Waals surface area (Å²) in [5.41, 5.74) is 8.67. The quantitative estimate of drug-likeness (QED) is 0.793. The molecule has 0 spiro atoms. The number of nitrogen functional groups attached to an aromatic ring is 1. The summed E-state index contributed by atoms with van der Waals surface area (Å²) in [5.74, 6) is 1.32. The first-order chi connectivity index (χ1) is 9.38. The molecular weight excluding hydrogens is 295 g/mol. The van der Waals surface area contributed by atoms with Crippen LogP contribution in [0.4, 0.5) is 5.69 Å². The number of halogens is 2. The third kappa shape index (κ3) is 3.17. The minimum Gasteiger partial charge on any atom is -0.437 e. The first-order valence-corrected chi connectivity index (χ1v) is 7.03. The molecule has 0 aliphatic carbocycles. The fourth-order valence-corrected chi connectivity index (χ4v) is 2.26. The predicted octanol–water partition coefficient (Wildman–Crippen LogP) is 5.19. The Hall–Kier alpha value is -1.45.